The molecule has 0 bridgehead atoms. The fourth-order valence-corrected chi connectivity index (χ4v) is 3.81. The molecule has 2 unspecified atom stereocenters. The van der Waals surface area contributed by atoms with Gasteiger partial charge < -0.3 is 20.7 Å². The van der Waals surface area contributed by atoms with Gasteiger partial charge in [0.05, 0.1) is 29.8 Å². The van der Waals surface area contributed by atoms with Crippen molar-refractivity contribution in [3.05, 3.63) is 53.6 Å². The van der Waals surface area contributed by atoms with E-state index in [0.717, 1.165) is 11.3 Å². The minimum absolute atomic E-state index is 0.146. The zero-order valence-corrected chi connectivity index (χ0v) is 14.7. The molecule has 1 spiro atoms. The van der Waals surface area contributed by atoms with Crippen molar-refractivity contribution >= 4 is 23.2 Å². The fraction of sp³-hybridized carbons (Fsp3) is 0.250. The Morgan fingerprint density at radius 1 is 1.33 bits per heavy atom. The van der Waals surface area contributed by atoms with Crippen LogP contribution >= 0.6 is 0 Å². The summed E-state index contributed by atoms with van der Waals surface area (Å²) in [4.78, 5) is 25.5. The van der Waals surface area contributed by atoms with Gasteiger partial charge in [-0.2, -0.15) is 5.26 Å². The topological polar surface area (TPSA) is 103 Å². The molecule has 0 aromatic heterocycles. The number of hydrogen-bond donors (Lipinski definition) is 3. The van der Waals surface area contributed by atoms with E-state index in [1.165, 1.54) is 7.11 Å². The Morgan fingerprint density at radius 2 is 2.15 bits per heavy atom. The zero-order valence-electron chi connectivity index (χ0n) is 14.7. The van der Waals surface area contributed by atoms with Crippen molar-refractivity contribution in [3.63, 3.8) is 0 Å². The molecule has 2 amide bonds. The molecule has 2 heterocycles. The number of anilines is 2. The molecule has 2 aliphatic rings. The van der Waals surface area contributed by atoms with Crippen molar-refractivity contribution in [2.24, 2.45) is 0 Å². The van der Waals surface area contributed by atoms with E-state index < -0.39 is 11.5 Å². The number of nitrogens with zero attached hydrogens (tertiary/aromatic N) is 1. The highest BCUT2D eigenvalue weighted by Crippen LogP contribution is 2.43. The van der Waals surface area contributed by atoms with Gasteiger partial charge in [-0.1, -0.05) is 18.2 Å². The van der Waals surface area contributed by atoms with Gasteiger partial charge in [0.2, 0.25) is 11.8 Å². The van der Waals surface area contributed by atoms with Gasteiger partial charge in [-0.3, -0.25) is 9.59 Å². The van der Waals surface area contributed by atoms with E-state index in [-0.39, 0.29) is 11.8 Å². The van der Waals surface area contributed by atoms with Crippen LogP contribution in [0.1, 0.15) is 17.5 Å². The SMILES string of the molecule is COc1cc(C#N)ccc1NC(=O)C1CC2(CNc3ccccc32)C(=O)N1. The molecule has 0 radical (unpaired) electrons. The molecule has 2 aromatic carbocycles. The molecule has 136 valence electrons. The number of carbonyl (C=O) groups excluding carboxylic acids is 2. The lowest BCUT2D eigenvalue weighted by Crippen LogP contribution is -2.39. The maximum Gasteiger partial charge on any atom is 0.247 e. The Balaban J connectivity index is 1.56. The summed E-state index contributed by atoms with van der Waals surface area (Å²) in [5.41, 5.74) is 2.03. The first-order chi connectivity index (χ1) is 13.1. The van der Waals surface area contributed by atoms with Crippen molar-refractivity contribution < 1.29 is 14.3 Å². The van der Waals surface area contributed by atoms with Gasteiger partial charge in [-0.05, 0) is 30.2 Å². The van der Waals surface area contributed by atoms with Gasteiger partial charge in [0.15, 0.2) is 0 Å². The third kappa shape index (κ3) is 2.66. The number of methoxy groups -OCH3 is 1. The number of rotatable bonds is 3. The minimum Gasteiger partial charge on any atom is -0.495 e. The number of ether oxygens (including phenoxy) is 1. The average Bonchev–Trinajstić information content (AvgIpc) is 3.24. The third-order valence-corrected chi connectivity index (χ3v) is 5.22. The summed E-state index contributed by atoms with van der Waals surface area (Å²) in [6.45, 7) is 0.474. The molecule has 4 rings (SSSR count). The molecule has 1 fully saturated rings. The van der Waals surface area contributed by atoms with Crippen molar-refractivity contribution in [2.75, 3.05) is 24.3 Å². The summed E-state index contributed by atoms with van der Waals surface area (Å²) in [6, 6.07) is 13.8. The average molecular weight is 362 g/mol. The largest absolute Gasteiger partial charge is 0.495 e. The highest BCUT2D eigenvalue weighted by Gasteiger charge is 2.53. The second kappa shape index (κ2) is 6.32. The molecule has 27 heavy (non-hydrogen) atoms. The Bertz CT molecular complexity index is 981. The van der Waals surface area contributed by atoms with Gasteiger partial charge >= 0.3 is 0 Å². The van der Waals surface area contributed by atoms with E-state index in [2.05, 4.69) is 16.0 Å². The van der Waals surface area contributed by atoms with Gasteiger partial charge in [0, 0.05) is 18.3 Å². The molecule has 3 N–H and O–H groups in total. The van der Waals surface area contributed by atoms with Crippen molar-refractivity contribution in [2.45, 2.75) is 17.9 Å². The number of nitrogens with one attached hydrogen (secondary N) is 3. The van der Waals surface area contributed by atoms with Crippen LogP contribution in [0.2, 0.25) is 0 Å². The Morgan fingerprint density at radius 3 is 2.93 bits per heavy atom. The molecular weight excluding hydrogens is 344 g/mol. The van der Waals surface area contributed by atoms with Gasteiger partial charge in [-0.15, -0.1) is 0 Å². The molecule has 1 saturated heterocycles. The number of carbonyl (C=O) groups is 2. The summed E-state index contributed by atoms with van der Waals surface area (Å²) in [7, 11) is 1.47. The molecule has 2 aromatic rings. The van der Waals surface area contributed by atoms with Gasteiger partial charge in [-0.25, -0.2) is 0 Å². The number of fused-ring (bicyclic) bond motifs is 2. The lowest BCUT2D eigenvalue weighted by Gasteiger charge is -2.19. The normalized spacial score (nSPS) is 22.5. The maximum absolute atomic E-state index is 12.8. The standard InChI is InChI=1S/C20H18N4O3/c1-27-17-8-12(10-21)6-7-15(17)23-18(25)16-9-20(19(26)24-16)11-22-14-5-3-2-4-13(14)20/h2-8,16,22H,9,11H2,1H3,(H,23,25)(H,24,26). The lowest BCUT2D eigenvalue weighted by molar-refractivity contribution is -0.125. The smallest absolute Gasteiger partial charge is 0.247 e. The van der Waals surface area contributed by atoms with E-state index in [9.17, 15) is 9.59 Å². The van der Waals surface area contributed by atoms with Crippen LogP contribution in [0.3, 0.4) is 0 Å². The second-order valence-electron chi connectivity index (χ2n) is 6.73. The van der Waals surface area contributed by atoms with E-state index in [0.29, 0.717) is 30.0 Å². The first kappa shape index (κ1) is 16.9. The molecular formula is C20H18N4O3. The van der Waals surface area contributed by atoms with Crippen molar-refractivity contribution in [1.82, 2.24) is 5.32 Å². The predicted molar refractivity (Wildman–Crippen MR) is 99.5 cm³/mol. The molecule has 7 nitrogen and oxygen atoms in total. The first-order valence-electron chi connectivity index (χ1n) is 8.61. The monoisotopic (exact) mass is 362 g/mol. The Labute approximate surface area is 156 Å². The zero-order chi connectivity index (χ0) is 19.0. The van der Waals surface area contributed by atoms with Gasteiger partial charge in [0.1, 0.15) is 11.8 Å². The van der Waals surface area contributed by atoms with E-state index in [4.69, 9.17) is 10.00 Å². The molecule has 2 atom stereocenters. The highest BCUT2D eigenvalue weighted by molar-refractivity contribution is 6.04. The number of benzene rings is 2. The molecule has 0 aliphatic carbocycles. The fourth-order valence-electron chi connectivity index (χ4n) is 3.81. The van der Waals surface area contributed by atoms with Crippen molar-refractivity contribution in [1.29, 1.82) is 5.26 Å². The Kier molecular flexibility index (Phi) is 3.96. The summed E-state index contributed by atoms with van der Waals surface area (Å²) in [6.07, 6.45) is 0.375. The number of nitriles is 1. The Hall–Kier alpha value is -3.53. The molecule has 0 saturated carbocycles. The third-order valence-electron chi connectivity index (χ3n) is 5.22. The number of para-hydroxylation sites is 1. The number of hydrogen-bond acceptors (Lipinski definition) is 5. The van der Waals surface area contributed by atoms with E-state index in [1.807, 2.05) is 30.3 Å². The molecule has 2 aliphatic heterocycles. The van der Waals surface area contributed by atoms with Crippen LogP contribution in [0.4, 0.5) is 11.4 Å². The highest BCUT2D eigenvalue weighted by atomic mass is 16.5. The van der Waals surface area contributed by atoms with E-state index >= 15 is 0 Å². The van der Waals surface area contributed by atoms with Crippen LogP contribution in [-0.4, -0.2) is 31.5 Å². The van der Waals surface area contributed by atoms with Crippen molar-refractivity contribution in [3.8, 4) is 11.8 Å². The quantitative estimate of drug-likeness (QED) is 0.772. The van der Waals surface area contributed by atoms with E-state index in [1.54, 1.807) is 18.2 Å². The molecule has 7 heteroatoms. The van der Waals surface area contributed by atoms with Crippen LogP contribution in [0.25, 0.3) is 0 Å². The summed E-state index contributed by atoms with van der Waals surface area (Å²) in [5, 5.41) is 17.9. The number of amides is 2. The summed E-state index contributed by atoms with van der Waals surface area (Å²) in [5.74, 6) is -0.0613. The first-order valence-corrected chi connectivity index (χ1v) is 8.61. The van der Waals surface area contributed by atoms with Crippen LogP contribution < -0.4 is 20.7 Å². The second-order valence-corrected chi connectivity index (χ2v) is 6.73. The predicted octanol–water partition coefficient (Wildman–Crippen LogP) is 1.76. The lowest BCUT2D eigenvalue weighted by atomic mass is 9.79. The van der Waals surface area contributed by atoms with Crippen LogP contribution in [0, 0.1) is 11.3 Å². The minimum atomic E-state index is -0.729. The van der Waals surface area contributed by atoms with Crippen LogP contribution in [0.15, 0.2) is 42.5 Å². The maximum atomic E-state index is 12.8. The summed E-state index contributed by atoms with van der Waals surface area (Å²) >= 11 is 0. The van der Waals surface area contributed by atoms with Gasteiger partial charge in [0.25, 0.3) is 0 Å². The summed E-state index contributed by atoms with van der Waals surface area (Å²) < 4.78 is 5.25. The van der Waals surface area contributed by atoms with Crippen LogP contribution in [-0.2, 0) is 15.0 Å². The van der Waals surface area contributed by atoms with Crippen LogP contribution in [0.5, 0.6) is 5.75 Å².